The lowest BCUT2D eigenvalue weighted by Crippen LogP contribution is -2.53. The summed E-state index contributed by atoms with van der Waals surface area (Å²) in [6.45, 7) is 13.2. The van der Waals surface area contributed by atoms with Crippen LogP contribution in [-0.2, 0) is 6.42 Å². The van der Waals surface area contributed by atoms with Gasteiger partial charge in [-0.25, -0.2) is 0 Å². The molecule has 1 aliphatic heterocycles. The molecule has 6 heteroatoms. The fraction of sp³-hybridized carbons (Fsp3) is 0.722. The van der Waals surface area contributed by atoms with Gasteiger partial charge in [0.1, 0.15) is 0 Å². The topological polar surface area (TPSA) is 53.6 Å². The Kier molecular flexibility index (Phi) is 9.01. The number of nitrogens with zero attached hydrogens (tertiary/aromatic N) is 2. The van der Waals surface area contributed by atoms with E-state index in [2.05, 4.69) is 60.4 Å². The van der Waals surface area contributed by atoms with Crippen molar-refractivity contribution in [1.29, 1.82) is 0 Å². The van der Waals surface area contributed by atoms with Crippen molar-refractivity contribution in [2.45, 2.75) is 46.1 Å². The highest BCUT2D eigenvalue weighted by Gasteiger charge is 2.32. The molecule has 0 aliphatic carbocycles. The van der Waals surface area contributed by atoms with Crippen molar-refractivity contribution >= 4 is 41.3 Å². The van der Waals surface area contributed by atoms with Crippen LogP contribution >= 0.6 is 35.3 Å². The minimum Gasteiger partial charge on any atom is -0.370 e. The first-order valence-corrected chi connectivity index (χ1v) is 9.56. The third kappa shape index (κ3) is 6.88. The Balaban J connectivity index is 0.00000288. The van der Waals surface area contributed by atoms with E-state index in [-0.39, 0.29) is 29.5 Å². The van der Waals surface area contributed by atoms with E-state index in [1.54, 1.807) is 11.3 Å². The standard InChI is InChI=1S/C18H32N4S.HI/c1-14-10-15(2)12-22(11-14)18(3,4)13-21-17(19)20-8-7-16-6-5-9-23-16;/h5-6,9,14-15H,7-8,10-13H2,1-4H3,(H3,19,20,21);1H. The monoisotopic (exact) mass is 464 g/mol. The Morgan fingerprint density at radius 3 is 2.62 bits per heavy atom. The van der Waals surface area contributed by atoms with E-state index in [1.807, 2.05) is 0 Å². The van der Waals surface area contributed by atoms with Crippen LogP contribution in [0.15, 0.2) is 22.5 Å². The van der Waals surface area contributed by atoms with Crippen LogP contribution in [0.1, 0.15) is 39.0 Å². The van der Waals surface area contributed by atoms with Gasteiger partial charge in [0.25, 0.3) is 0 Å². The second-order valence-electron chi connectivity index (χ2n) is 7.62. The van der Waals surface area contributed by atoms with Crippen molar-refractivity contribution in [3.63, 3.8) is 0 Å². The van der Waals surface area contributed by atoms with Gasteiger partial charge < -0.3 is 11.1 Å². The molecule has 1 aromatic rings. The lowest BCUT2D eigenvalue weighted by Gasteiger charge is -2.44. The lowest BCUT2D eigenvalue weighted by atomic mass is 9.88. The van der Waals surface area contributed by atoms with Crippen LogP contribution in [0.2, 0.25) is 0 Å². The number of guanidine groups is 1. The Labute approximate surface area is 168 Å². The van der Waals surface area contributed by atoms with E-state index in [0.717, 1.165) is 31.3 Å². The summed E-state index contributed by atoms with van der Waals surface area (Å²) in [5.74, 6) is 2.10. The number of halogens is 1. The molecule has 2 unspecified atom stereocenters. The Bertz CT molecular complexity index is 491. The van der Waals surface area contributed by atoms with E-state index in [4.69, 9.17) is 5.73 Å². The fourth-order valence-electron chi connectivity index (χ4n) is 3.36. The Hall–Kier alpha value is -0.340. The average molecular weight is 464 g/mol. The highest BCUT2D eigenvalue weighted by Crippen LogP contribution is 2.27. The molecule has 2 atom stereocenters. The summed E-state index contributed by atoms with van der Waals surface area (Å²) in [5, 5.41) is 5.34. The van der Waals surface area contributed by atoms with E-state index in [0.29, 0.717) is 5.96 Å². The number of hydrogen-bond donors (Lipinski definition) is 2. The normalized spacial score (nSPS) is 22.9. The minimum absolute atomic E-state index is 0. The molecule has 1 saturated heterocycles. The van der Waals surface area contributed by atoms with Gasteiger partial charge in [-0.1, -0.05) is 19.9 Å². The van der Waals surface area contributed by atoms with Crippen molar-refractivity contribution in [1.82, 2.24) is 10.2 Å². The number of hydrogen-bond acceptors (Lipinski definition) is 3. The van der Waals surface area contributed by atoms with E-state index in [9.17, 15) is 0 Å². The summed E-state index contributed by atoms with van der Waals surface area (Å²) in [4.78, 5) is 8.54. The van der Waals surface area contributed by atoms with Gasteiger partial charge in [-0.3, -0.25) is 9.89 Å². The minimum atomic E-state index is 0. The van der Waals surface area contributed by atoms with Crippen LogP contribution in [0.25, 0.3) is 0 Å². The molecule has 3 N–H and O–H groups in total. The number of aliphatic imine (C=N–C) groups is 1. The molecular formula is C18H33IN4S. The molecule has 2 rings (SSSR count). The van der Waals surface area contributed by atoms with Gasteiger partial charge in [0.05, 0.1) is 6.54 Å². The lowest BCUT2D eigenvalue weighted by molar-refractivity contribution is 0.0513. The van der Waals surface area contributed by atoms with Gasteiger partial charge >= 0.3 is 0 Å². The first kappa shape index (κ1) is 21.7. The fourth-order valence-corrected chi connectivity index (χ4v) is 4.07. The van der Waals surface area contributed by atoms with Crippen LogP contribution in [0, 0.1) is 11.8 Å². The van der Waals surface area contributed by atoms with Gasteiger partial charge in [0.15, 0.2) is 5.96 Å². The van der Waals surface area contributed by atoms with Crippen molar-refractivity contribution < 1.29 is 0 Å². The predicted octanol–water partition coefficient (Wildman–Crippen LogP) is 3.57. The van der Waals surface area contributed by atoms with Crippen molar-refractivity contribution in [2.24, 2.45) is 22.6 Å². The SMILES string of the molecule is CC1CC(C)CN(C(C)(C)CN=C(N)NCCc2cccs2)C1.I. The van der Waals surface area contributed by atoms with Gasteiger partial charge in [-0.2, -0.15) is 0 Å². The summed E-state index contributed by atoms with van der Waals surface area (Å²) in [6.07, 6.45) is 2.33. The number of likely N-dealkylation sites (tertiary alicyclic amines) is 1. The van der Waals surface area contributed by atoms with Gasteiger partial charge in [-0.15, -0.1) is 35.3 Å². The number of nitrogens with one attached hydrogen (secondary N) is 1. The van der Waals surface area contributed by atoms with Crippen molar-refractivity contribution in [2.75, 3.05) is 26.2 Å². The predicted molar refractivity (Wildman–Crippen MR) is 117 cm³/mol. The second kappa shape index (κ2) is 9.97. The molecule has 0 radical (unpaired) electrons. The van der Waals surface area contributed by atoms with Crippen LogP contribution in [-0.4, -0.2) is 42.6 Å². The smallest absolute Gasteiger partial charge is 0.188 e. The maximum absolute atomic E-state index is 6.03. The van der Waals surface area contributed by atoms with Crippen molar-refractivity contribution in [3.05, 3.63) is 22.4 Å². The number of thiophene rings is 1. The molecule has 24 heavy (non-hydrogen) atoms. The van der Waals surface area contributed by atoms with Gasteiger partial charge in [0, 0.05) is 30.1 Å². The van der Waals surface area contributed by atoms with Crippen LogP contribution < -0.4 is 11.1 Å². The van der Waals surface area contributed by atoms with E-state index < -0.39 is 0 Å². The zero-order valence-electron chi connectivity index (χ0n) is 15.4. The first-order chi connectivity index (χ1) is 10.9. The largest absolute Gasteiger partial charge is 0.370 e. The second-order valence-corrected chi connectivity index (χ2v) is 8.65. The summed E-state index contributed by atoms with van der Waals surface area (Å²) in [7, 11) is 0. The maximum atomic E-state index is 6.03. The van der Waals surface area contributed by atoms with Gasteiger partial charge in [-0.05, 0) is 50.0 Å². The molecule has 1 aliphatic rings. The molecule has 138 valence electrons. The maximum Gasteiger partial charge on any atom is 0.188 e. The third-order valence-electron chi connectivity index (χ3n) is 4.62. The first-order valence-electron chi connectivity index (χ1n) is 8.68. The number of rotatable bonds is 6. The molecule has 0 saturated carbocycles. The highest BCUT2D eigenvalue weighted by atomic mass is 127. The summed E-state index contributed by atoms with van der Waals surface area (Å²) in [6, 6.07) is 4.24. The van der Waals surface area contributed by atoms with Crippen LogP contribution in [0.5, 0.6) is 0 Å². The molecule has 0 aromatic carbocycles. The molecule has 2 heterocycles. The Morgan fingerprint density at radius 1 is 1.38 bits per heavy atom. The van der Waals surface area contributed by atoms with Gasteiger partial charge in [0.2, 0.25) is 0 Å². The molecule has 0 spiro atoms. The molecule has 0 amide bonds. The number of nitrogens with two attached hydrogens (primary N) is 1. The highest BCUT2D eigenvalue weighted by molar-refractivity contribution is 14.0. The van der Waals surface area contributed by atoms with Crippen molar-refractivity contribution in [3.8, 4) is 0 Å². The molecule has 4 nitrogen and oxygen atoms in total. The molecule has 0 bridgehead atoms. The average Bonchev–Trinajstić information content (AvgIpc) is 2.97. The van der Waals surface area contributed by atoms with Crippen LogP contribution in [0.3, 0.4) is 0 Å². The van der Waals surface area contributed by atoms with E-state index >= 15 is 0 Å². The molecular weight excluding hydrogens is 431 g/mol. The zero-order valence-corrected chi connectivity index (χ0v) is 18.6. The summed E-state index contributed by atoms with van der Waals surface area (Å²) < 4.78 is 0. The Morgan fingerprint density at radius 2 is 2.04 bits per heavy atom. The summed E-state index contributed by atoms with van der Waals surface area (Å²) >= 11 is 1.78. The zero-order chi connectivity index (χ0) is 16.9. The van der Waals surface area contributed by atoms with Crippen LogP contribution in [0.4, 0.5) is 0 Å². The van der Waals surface area contributed by atoms with E-state index in [1.165, 1.54) is 24.4 Å². The molecule has 1 aromatic heterocycles. The third-order valence-corrected chi connectivity index (χ3v) is 5.56. The molecule has 1 fully saturated rings. The summed E-state index contributed by atoms with van der Waals surface area (Å²) in [5.41, 5.74) is 6.09. The number of piperidine rings is 1. The quantitative estimate of drug-likeness (QED) is 0.385.